The minimum atomic E-state index is 0.0890. The monoisotopic (exact) mass is 235 g/mol. The fourth-order valence-corrected chi connectivity index (χ4v) is 1.79. The number of methoxy groups -OCH3 is 1. The van der Waals surface area contributed by atoms with Gasteiger partial charge in [-0.3, -0.25) is 0 Å². The van der Waals surface area contributed by atoms with Crippen molar-refractivity contribution in [3.63, 3.8) is 0 Å². The summed E-state index contributed by atoms with van der Waals surface area (Å²) in [6.07, 6.45) is 3.41. The molecule has 1 unspecified atom stereocenters. The van der Waals surface area contributed by atoms with Crippen LogP contribution in [0.25, 0.3) is 0 Å². The highest BCUT2D eigenvalue weighted by atomic mass is 16.5. The average molecular weight is 235 g/mol. The summed E-state index contributed by atoms with van der Waals surface area (Å²) < 4.78 is 5.45. The number of benzene rings is 1. The Hall–Kier alpha value is -1.35. The van der Waals surface area contributed by atoms with E-state index in [9.17, 15) is 4.79 Å². The number of nitrogens with zero attached hydrogens (tertiary/aromatic N) is 1. The van der Waals surface area contributed by atoms with Crippen LogP contribution >= 0.6 is 0 Å². The number of anilines is 1. The van der Waals surface area contributed by atoms with Gasteiger partial charge in [-0.1, -0.05) is 12.1 Å². The quantitative estimate of drug-likeness (QED) is 0.537. The van der Waals surface area contributed by atoms with Crippen molar-refractivity contribution in [3.8, 4) is 0 Å². The van der Waals surface area contributed by atoms with Crippen molar-refractivity contribution in [1.29, 1.82) is 0 Å². The van der Waals surface area contributed by atoms with Crippen LogP contribution in [0.5, 0.6) is 0 Å². The van der Waals surface area contributed by atoms with Gasteiger partial charge in [-0.25, -0.2) is 0 Å². The second-order valence-corrected chi connectivity index (χ2v) is 4.31. The molecule has 3 nitrogen and oxygen atoms in total. The Labute approximate surface area is 103 Å². The lowest BCUT2D eigenvalue weighted by molar-refractivity contribution is -0.108. The maximum absolute atomic E-state index is 10.3. The van der Waals surface area contributed by atoms with Crippen molar-refractivity contribution in [3.05, 3.63) is 29.8 Å². The van der Waals surface area contributed by atoms with Gasteiger partial charge in [0.2, 0.25) is 0 Å². The number of hydrogen-bond acceptors (Lipinski definition) is 3. The van der Waals surface area contributed by atoms with E-state index >= 15 is 0 Å². The normalized spacial score (nSPS) is 12.2. The van der Waals surface area contributed by atoms with Crippen molar-refractivity contribution in [1.82, 2.24) is 0 Å². The Kier molecular flexibility index (Phi) is 5.70. The van der Waals surface area contributed by atoms with Crippen molar-refractivity contribution in [2.75, 3.05) is 26.1 Å². The van der Waals surface area contributed by atoms with Gasteiger partial charge in [-0.15, -0.1) is 0 Å². The zero-order chi connectivity index (χ0) is 12.7. The third-order valence-corrected chi connectivity index (χ3v) is 2.85. The number of rotatable bonds is 7. The lowest BCUT2D eigenvalue weighted by Gasteiger charge is -2.17. The second kappa shape index (κ2) is 7.07. The Morgan fingerprint density at radius 3 is 2.41 bits per heavy atom. The molecule has 0 fully saturated rings. The van der Waals surface area contributed by atoms with Crippen molar-refractivity contribution >= 4 is 12.0 Å². The molecule has 1 aromatic carbocycles. The molecule has 0 N–H and O–H groups in total. The first-order valence-electron chi connectivity index (χ1n) is 5.92. The summed E-state index contributed by atoms with van der Waals surface area (Å²) in [4.78, 5) is 12.4. The summed E-state index contributed by atoms with van der Waals surface area (Å²) in [6.45, 7) is 0. The van der Waals surface area contributed by atoms with Crippen LogP contribution < -0.4 is 4.90 Å². The van der Waals surface area contributed by atoms with Crippen LogP contribution in [0.3, 0.4) is 0 Å². The van der Waals surface area contributed by atoms with E-state index in [0.717, 1.165) is 19.1 Å². The first kappa shape index (κ1) is 13.7. The number of ether oxygens (including phenoxy) is 1. The van der Waals surface area contributed by atoms with Gasteiger partial charge >= 0.3 is 0 Å². The van der Waals surface area contributed by atoms with E-state index in [2.05, 4.69) is 29.2 Å². The zero-order valence-electron chi connectivity index (χ0n) is 10.8. The molecule has 94 valence electrons. The highest BCUT2D eigenvalue weighted by Gasteiger charge is 2.09. The second-order valence-electron chi connectivity index (χ2n) is 4.31. The van der Waals surface area contributed by atoms with Crippen LogP contribution in [0, 0.1) is 0 Å². The van der Waals surface area contributed by atoms with Crippen molar-refractivity contribution in [2.24, 2.45) is 0 Å². The van der Waals surface area contributed by atoms with Crippen LogP contribution in [-0.4, -0.2) is 27.5 Å². The number of hydrogen-bond donors (Lipinski definition) is 0. The van der Waals surface area contributed by atoms with Crippen LogP contribution in [0.15, 0.2) is 24.3 Å². The van der Waals surface area contributed by atoms with E-state index in [-0.39, 0.29) is 6.10 Å². The molecule has 0 aliphatic carbocycles. The highest BCUT2D eigenvalue weighted by Crippen LogP contribution is 2.24. The molecule has 1 aromatic rings. The third-order valence-electron chi connectivity index (χ3n) is 2.85. The predicted molar refractivity (Wildman–Crippen MR) is 70.4 cm³/mol. The van der Waals surface area contributed by atoms with Gasteiger partial charge in [0.25, 0.3) is 0 Å². The summed E-state index contributed by atoms with van der Waals surface area (Å²) >= 11 is 0. The standard InChI is InChI=1S/C14H21NO2/c1-15(2)13-9-7-12(8-10-13)14(17-3)6-4-5-11-16/h7-11,14H,4-6H2,1-3H3. The molecular formula is C14H21NO2. The Morgan fingerprint density at radius 1 is 1.29 bits per heavy atom. The Bertz CT molecular complexity index is 333. The van der Waals surface area contributed by atoms with Crippen LogP contribution in [0.2, 0.25) is 0 Å². The number of carbonyl (C=O) groups is 1. The van der Waals surface area contributed by atoms with Gasteiger partial charge in [0.1, 0.15) is 6.29 Å². The van der Waals surface area contributed by atoms with Gasteiger partial charge in [0.15, 0.2) is 0 Å². The van der Waals surface area contributed by atoms with Crippen LogP contribution in [0.4, 0.5) is 5.69 Å². The summed E-state index contributed by atoms with van der Waals surface area (Å²) in [5.41, 5.74) is 2.35. The summed E-state index contributed by atoms with van der Waals surface area (Å²) in [5.74, 6) is 0. The molecule has 0 heterocycles. The van der Waals surface area contributed by atoms with E-state index in [1.807, 2.05) is 14.1 Å². The molecule has 1 rings (SSSR count). The van der Waals surface area contributed by atoms with Crippen molar-refractivity contribution < 1.29 is 9.53 Å². The molecule has 0 saturated heterocycles. The van der Waals surface area contributed by atoms with E-state index in [4.69, 9.17) is 4.74 Å². The van der Waals surface area contributed by atoms with E-state index in [1.165, 1.54) is 11.3 Å². The lowest BCUT2D eigenvalue weighted by Crippen LogP contribution is -2.09. The molecule has 0 spiro atoms. The minimum Gasteiger partial charge on any atom is -0.378 e. The first-order chi connectivity index (χ1) is 8.19. The Balaban J connectivity index is 2.64. The molecule has 0 amide bonds. The molecule has 1 atom stereocenters. The average Bonchev–Trinajstić information content (AvgIpc) is 2.35. The topological polar surface area (TPSA) is 29.5 Å². The third kappa shape index (κ3) is 4.19. The number of unbranched alkanes of at least 4 members (excludes halogenated alkanes) is 1. The van der Waals surface area contributed by atoms with E-state index in [1.54, 1.807) is 7.11 Å². The summed E-state index contributed by atoms with van der Waals surface area (Å²) in [5, 5.41) is 0. The number of carbonyl (C=O) groups excluding carboxylic acids is 1. The molecular weight excluding hydrogens is 214 g/mol. The molecule has 0 bridgehead atoms. The lowest BCUT2D eigenvalue weighted by atomic mass is 10.0. The number of aldehydes is 1. The molecule has 0 saturated carbocycles. The molecule has 0 aliphatic rings. The molecule has 0 radical (unpaired) electrons. The fraction of sp³-hybridized carbons (Fsp3) is 0.500. The Morgan fingerprint density at radius 2 is 1.94 bits per heavy atom. The fourth-order valence-electron chi connectivity index (χ4n) is 1.79. The highest BCUT2D eigenvalue weighted by molar-refractivity contribution is 5.49. The van der Waals surface area contributed by atoms with Gasteiger partial charge in [0, 0.05) is 33.3 Å². The molecule has 0 aromatic heterocycles. The van der Waals surface area contributed by atoms with Gasteiger partial charge in [-0.05, 0) is 30.5 Å². The van der Waals surface area contributed by atoms with Gasteiger partial charge in [0.05, 0.1) is 6.10 Å². The maximum Gasteiger partial charge on any atom is 0.119 e. The predicted octanol–water partition coefficient (Wildman–Crippen LogP) is 2.81. The molecule has 0 aliphatic heterocycles. The van der Waals surface area contributed by atoms with E-state index in [0.29, 0.717) is 6.42 Å². The molecule has 17 heavy (non-hydrogen) atoms. The van der Waals surface area contributed by atoms with Crippen LogP contribution in [-0.2, 0) is 9.53 Å². The minimum absolute atomic E-state index is 0.0890. The molecule has 3 heteroatoms. The summed E-state index contributed by atoms with van der Waals surface area (Å²) in [7, 11) is 5.76. The van der Waals surface area contributed by atoms with Gasteiger partial charge < -0.3 is 14.4 Å². The SMILES string of the molecule is COC(CCCC=O)c1ccc(N(C)C)cc1. The van der Waals surface area contributed by atoms with Crippen molar-refractivity contribution in [2.45, 2.75) is 25.4 Å². The maximum atomic E-state index is 10.3. The first-order valence-corrected chi connectivity index (χ1v) is 5.92. The smallest absolute Gasteiger partial charge is 0.119 e. The van der Waals surface area contributed by atoms with E-state index < -0.39 is 0 Å². The van der Waals surface area contributed by atoms with Gasteiger partial charge in [-0.2, -0.15) is 0 Å². The van der Waals surface area contributed by atoms with Crippen LogP contribution in [0.1, 0.15) is 30.9 Å². The largest absolute Gasteiger partial charge is 0.378 e. The summed E-state index contributed by atoms with van der Waals surface area (Å²) in [6, 6.07) is 8.34. The zero-order valence-corrected chi connectivity index (χ0v) is 10.8.